The van der Waals surface area contributed by atoms with Crippen molar-refractivity contribution < 1.29 is 44.9 Å². The number of rotatable bonds is 7. The lowest BCUT2D eigenvalue weighted by Gasteiger charge is -2.66. The van der Waals surface area contributed by atoms with Gasteiger partial charge in [-0.25, -0.2) is 0 Å². The SMILES string of the molecule is CC(C)=C[C@H](O[C@@H]1O[C@H](CO)[C@@H](O)[C@H](O)[C@H]1O)[C@@H](C)[C@H]1CC[C@@]2(C)[C@@H]3[C@@H](O)C=C4[C@@H](CC[C@H](O)C4(C)C)[C@]3(C=O)CC[C@]12C. The summed E-state index contributed by atoms with van der Waals surface area (Å²) in [5, 5.41) is 63.9. The van der Waals surface area contributed by atoms with Crippen molar-refractivity contribution in [1.29, 1.82) is 0 Å². The molecule has 5 aliphatic rings. The largest absolute Gasteiger partial charge is 0.394 e. The maximum Gasteiger partial charge on any atom is 0.187 e. The monoisotopic (exact) mass is 620 g/mol. The maximum atomic E-state index is 13.3. The Bertz CT molecular complexity index is 1150. The number of fused-ring (bicyclic) bond motifs is 5. The third-order valence-corrected chi connectivity index (χ3v) is 13.5. The van der Waals surface area contributed by atoms with Crippen molar-refractivity contribution in [3.63, 3.8) is 0 Å². The zero-order chi connectivity index (χ0) is 32.6. The van der Waals surface area contributed by atoms with E-state index in [4.69, 9.17) is 9.47 Å². The van der Waals surface area contributed by atoms with Gasteiger partial charge in [-0.1, -0.05) is 57.9 Å². The number of carbonyl (C=O) groups excluding carboxylic acids is 1. The van der Waals surface area contributed by atoms with E-state index in [9.17, 15) is 35.4 Å². The van der Waals surface area contributed by atoms with Gasteiger partial charge in [0.15, 0.2) is 6.29 Å². The number of hydrogen-bond acceptors (Lipinski definition) is 9. The quantitative estimate of drug-likeness (QED) is 0.186. The molecular weight excluding hydrogens is 564 g/mol. The average molecular weight is 621 g/mol. The summed E-state index contributed by atoms with van der Waals surface area (Å²) >= 11 is 0. The summed E-state index contributed by atoms with van der Waals surface area (Å²) in [5.74, 6) is -0.151. The van der Waals surface area contributed by atoms with E-state index in [1.165, 1.54) is 0 Å². The molecule has 6 N–H and O–H groups in total. The first-order valence-electron chi connectivity index (χ1n) is 16.7. The van der Waals surface area contributed by atoms with Gasteiger partial charge in [0, 0.05) is 16.7 Å². The van der Waals surface area contributed by atoms with E-state index in [0.717, 1.165) is 43.1 Å². The van der Waals surface area contributed by atoms with Crippen molar-refractivity contribution in [2.75, 3.05) is 6.61 Å². The summed E-state index contributed by atoms with van der Waals surface area (Å²) in [6.07, 6.45) is 1.16. The molecule has 0 bridgehead atoms. The molecule has 0 unspecified atom stereocenters. The third-order valence-electron chi connectivity index (χ3n) is 13.5. The highest BCUT2D eigenvalue weighted by atomic mass is 16.7. The molecule has 5 rings (SSSR count). The smallest absolute Gasteiger partial charge is 0.187 e. The molecule has 0 aromatic rings. The van der Waals surface area contributed by atoms with Gasteiger partial charge < -0.3 is 44.9 Å². The Morgan fingerprint density at radius 1 is 0.977 bits per heavy atom. The number of hydrogen-bond donors (Lipinski definition) is 6. The number of carbonyl (C=O) groups is 1. The molecule has 4 fully saturated rings. The predicted octanol–water partition coefficient (Wildman–Crippen LogP) is 2.89. The summed E-state index contributed by atoms with van der Waals surface area (Å²) in [6, 6.07) is 0. The van der Waals surface area contributed by atoms with Gasteiger partial charge in [-0.2, -0.15) is 0 Å². The number of aliphatic hydroxyl groups excluding tert-OH is 6. The van der Waals surface area contributed by atoms with Crippen LogP contribution in [0, 0.1) is 45.3 Å². The van der Waals surface area contributed by atoms with Crippen LogP contribution in [0.15, 0.2) is 23.3 Å². The fourth-order valence-corrected chi connectivity index (χ4v) is 10.7. The summed E-state index contributed by atoms with van der Waals surface area (Å²) in [4.78, 5) is 13.3. The molecular formula is C35H56O9. The van der Waals surface area contributed by atoms with Gasteiger partial charge in [0.1, 0.15) is 30.7 Å². The summed E-state index contributed by atoms with van der Waals surface area (Å²) in [7, 11) is 0. The molecule has 1 saturated heterocycles. The van der Waals surface area contributed by atoms with Crippen LogP contribution >= 0.6 is 0 Å². The van der Waals surface area contributed by atoms with Crippen LogP contribution in [0.4, 0.5) is 0 Å². The molecule has 0 aromatic heterocycles. The number of aldehydes is 1. The van der Waals surface area contributed by atoms with E-state index in [2.05, 4.69) is 20.8 Å². The van der Waals surface area contributed by atoms with Crippen molar-refractivity contribution >= 4 is 6.29 Å². The molecule has 250 valence electrons. The third kappa shape index (κ3) is 4.91. The number of allylic oxidation sites excluding steroid dienone is 1. The minimum Gasteiger partial charge on any atom is -0.394 e. The molecule has 9 heteroatoms. The van der Waals surface area contributed by atoms with E-state index in [1.807, 2.05) is 39.8 Å². The number of ether oxygens (including phenoxy) is 2. The second-order valence-corrected chi connectivity index (χ2v) is 16.1. The topological polar surface area (TPSA) is 157 Å². The van der Waals surface area contributed by atoms with E-state index in [1.54, 1.807) is 0 Å². The maximum absolute atomic E-state index is 13.3. The van der Waals surface area contributed by atoms with Gasteiger partial charge in [0.25, 0.3) is 0 Å². The molecule has 1 aliphatic heterocycles. The van der Waals surface area contributed by atoms with Crippen LogP contribution in [0.3, 0.4) is 0 Å². The second-order valence-electron chi connectivity index (χ2n) is 16.1. The van der Waals surface area contributed by atoms with Gasteiger partial charge >= 0.3 is 0 Å². The van der Waals surface area contributed by atoms with Crippen LogP contribution in [0.25, 0.3) is 0 Å². The van der Waals surface area contributed by atoms with Crippen LogP contribution in [0.2, 0.25) is 0 Å². The van der Waals surface area contributed by atoms with E-state index >= 15 is 0 Å². The Hall–Kier alpha value is -1.17. The normalized spacial score (nSPS) is 49.5. The highest BCUT2D eigenvalue weighted by molar-refractivity contribution is 5.65. The lowest BCUT2D eigenvalue weighted by molar-refractivity contribution is -0.312. The minimum atomic E-state index is -1.52. The van der Waals surface area contributed by atoms with Crippen LogP contribution < -0.4 is 0 Å². The Morgan fingerprint density at radius 3 is 2.27 bits per heavy atom. The van der Waals surface area contributed by atoms with Crippen molar-refractivity contribution in [1.82, 2.24) is 0 Å². The fraction of sp³-hybridized carbons (Fsp3) is 0.857. The zero-order valence-corrected chi connectivity index (χ0v) is 27.5. The van der Waals surface area contributed by atoms with Crippen molar-refractivity contribution in [3.05, 3.63) is 23.3 Å². The Morgan fingerprint density at radius 2 is 1.66 bits per heavy atom. The van der Waals surface area contributed by atoms with Gasteiger partial charge in [0.05, 0.1) is 24.9 Å². The second kappa shape index (κ2) is 11.8. The summed E-state index contributed by atoms with van der Waals surface area (Å²) < 4.78 is 12.1. The molecule has 4 aliphatic carbocycles. The van der Waals surface area contributed by atoms with Gasteiger partial charge in [-0.15, -0.1) is 0 Å². The molecule has 0 amide bonds. The van der Waals surface area contributed by atoms with Crippen molar-refractivity contribution in [2.45, 2.75) is 136 Å². The van der Waals surface area contributed by atoms with Crippen molar-refractivity contribution in [2.24, 2.45) is 45.3 Å². The van der Waals surface area contributed by atoms with E-state index in [-0.39, 0.29) is 34.5 Å². The minimum absolute atomic E-state index is 0.00223. The first kappa shape index (κ1) is 34.2. The van der Waals surface area contributed by atoms with Crippen LogP contribution in [-0.2, 0) is 14.3 Å². The van der Waals surface area contributed by atoms with Crippen molar-refractivity contribution in [3.8, 4) is 0 Å². The molecule has 1 heterocycles. The summed E-state index contributed by atoms with van der Waals surface area (Å²) in [6.45, 7) is 14.2. The highest BCUT2D eigenvalue weighted by Crippen LogP contribution is 2.74. The molecule has 9 nitrogen and oxygen atoms in total. The van der Waals surface area contributed by atoms with Crippen LogP contribution in [0.1, 0.15) is 87.0 Å². The van der Waals surface area contributed by atoms with E-state index in [0.29, 0.717) is 12.8 Å². The lowest BCUT2D eigenvalue weighted by atomic mass is 9.38. The standard InChI is InChI=1S/C35H56O9/c1-18(2)14-24(43-31-29(42)28(41)27(40)25(16-36)44-31)19(3)20-10-11-34(7)30-23(38)15-22-21(8-9-26(39)32(22,4)5)35(30,17-37)13-12-33(20,34)6/h14-15,17,19-21,23-31,36,38-42H,8-13,16H2,1-7H3/t19-,20+,21+,23-,24-,25+,26-,27+,28-,29+,30-,31+,33+,34-,35+/m0/s1. The zero-order valence-electron chi connectivity index (χ0n) is 27.5. The lowest BCUT2D eigenvalue weighted by Crippen LogP contribution is -2.64. The van der Waals surface area contributed by atoms with Gasteiger partial charge in [-0.3, -0.25) is 0 Å². The Labute approximate surface area is 262 Å². The first-order valence-corrected chi connectivity index (χ1v) is 16.7. The van der Waals surface area contributed by atoms with E-state index < -0.39 is 66.5 Å². The molecule has 44 heavy (non-hydrogen) atoms. The first-order chi connectivity index (χ1) is 20.5. The Balaban J connectivity index is 1.47. The Kier molecular flexibility index (Phi) is 9.18. The van der Waals surface area contributed by atoms with Gasteiger partial charge in [0.2, 0.25) is 0 Å². The molecule has 3 saturated carbocycles. The summed E-state index contributed by atoms with van der Waals surface area (Å²) in [5.41, 5.74) is 0.275. The van der Waals surface area contributed by atoms with Gasteiger partial charge in [-0.05, 0) is 81.0 Å². The fourth-order valence-electron chi connectivity index (χ4n) is 10.7. The van der Waals surface area contributed by atoms with Crippen LogP contribution in [-0.4, -0.2) is 92.5 Å². The number of aliphatic hydroxyl groups is 6. The average Bonchev–Trinajstić information content (AvgIpc) is 3.24. The predicted molar refractivity (Wildman–Crippen MR) is 164 cm³/mol. The molecule has 0 spiro atoms. The molecule has 0 radical (unpaired) electrons. The molecule has 15 atom stereocenters. The van der Waals surface area contributed by atoms with Crippen LogP contribution in [0.5, 0.6) is 0 Å². The highest BCUT2D eigenvalue weighted by Gasteiger charge is 2.71. The molecule has 0 aromatic carbocycles.